The highest BCUT2D eigenvalue weighted by Crippen LogP contribution is 2.38. The van der Waals surface area contributed by atoms with Crippen LogP contribution in [0.25, 0.3) is 6.08 Å². The lowest BCUT2D eigenvalue weighted by molar-refractivity contribution is -0.127. The number of hydrogen-bond acceptors (Lipinski definition) is 3. The summed E-state index contributed by atoms with van der Waals surface area (Å²) in [5.74, 6) is 1.91. The zero-order chi connectivity index (χ0) is 20.9. The lowest BCUT2D eigenvalue weighted by atomic mass is 9.83. The average molecular weight is 397 g/mol. The SMILES string of the molecule is CCC(=O)C(C)(C)CCN1CCC(CNC2CC2/C(C)=C/c2ccccc2)CC1. The number of likely N-dealkylation sites (tertiary alicyclic amines) is 1. The van der Waals surface area contributed by atoms with Gasteiger partial charge in [-0.25, -0.2) is 0 Å². The lowest BCUT2D eigenvalue weighted by Crippen LogP contribution is -2.40. The minimum Gasteiger partial charge on any atom is -0.313 e. The molecule has 29 heavy (non-hydrogen) atoms. The third kappa shape index (κ3) is 6.52. The number of piperidine rings is 1. The lowest BCUT2D eigenvalue weighted by Gasteiger charge is -2.34. The average Bonchev–Trinajstić information content (AvgIpc) is 3.51. The second-order valence-electron chi connectivity index (χ2n) is 9.85. The summed E-state index contributed by atoms with van der Waals surface area (Å²) in [6, 6.07) is 11.3. The predicted octanol–water partition coefficient (Wildman–Crippen LogP) is 5.18. The Morgan fingerprint density at radius 3 is 2.55 bits per heavy atom. The molecule has 160 valence electrons. The Hall–Kier alpha value is -1.45. The highest BCUT2D eigenvalue weighted by molar-refractivity contribution is 5.83. The Bertz CT molecular complexity index is 686. The summed E-state index contributed by atoms with van der Waals surface area (Å²) < 4.78 is 0. The molecule has 1 saturated heterocycles. The number of carbonyl (C=O) groups is 1. The van der Waals surface area contributed by atoms with Crippen LogP contribution in [0.2, 0.25) is 0 Å². The van der Waals surface area contributed by atoms with Gasteiger partial charge in [0.05, 0.1) is 0 Å². The third-order valence-electron chi connectivity index (χ3n) is 7.07. The van der Waals surface area contributed by atoms with E-state index in [1.165, 1.54) is 43.5 Å². The minimum absolute atomic E-state index is 0.167. The van der Waals surface area contributed by atoms with E-state index in [2.05, 4.69) is 67.4 Å². The molecule has 3 heteroatoms. The Labute approximate surface area is 178 Å². The summed E-state index contributed by atoms with van der Waals surface area (Å²) in [5, 5.41) is 3.83. The molecule has 0 spiro atoms. The van der Waals surface area contributed by atoms with Crippen LogP contribution in [-0.4, -0.2) is 42.9 Å². The Morgan fingerprint density at radius 2 is 1.90 bits per heavy atom. The first-order valence-electron chi connectivity index (χ1n) is 11.6. The third-order valence-corrected chi connectivity index (χ3v) is 7.07. The molecule has 3 nitrogen and oxygen atoms in total. The summed E-state index contributed by atoms with van der Waals surface area (Å²) >= 11 is 0. The van der Waals surface area contributed by atoms with Crippen molar-refractivity contribution in [2.75, 3.05) is 26.2 Å². The van der Waals surface area contributed by atoms with E-state index in [1.54, 1.807) is 0 Å². The molecule has 1 aliphatic carbocycles. The Balaban J connectivity index is 1.33. The van der Waals surface area contributed by atoms with E-state index in [9.17, 15) is 4.79 Å². The standard InChI is InChI=1S/C26H40N2O/c1-5-25(29)26(3,4)13-16-28-14-11-22(12-15-28)19-27-24-18-23(24)20(2)17-21-9-7-6-8-10-21/h6-10,17,22-24,27H,5,11-16,18-19H2,1-4H3/b20-17+. The van der Waals surface area contributed by atoms with Crippen molar-refractivity contribution in [3.05, 3.63) is 41.5 Å². The smallest absolute Gasteiger partial charge is 0.138 e. The fraction of sp³-hybridized carbons (Fsp3) is 0.654. The monoisotopic (exact) mass is 396 g/mol. The quantitative estimate of drug-likeness (QED) is 0.592. The van der Waals surface area contributed by atoms with Gasteiger partial charge in [0, 0.05) is 17.9 Å². The van der Waals surface area contributed by atoms with E-state index in [0.717, 1.165) is 25.4 Å². The van der Waals surface area contributed by atoms with E-state index in [0.29, 0.717) is 24.2 Å². The minimum atomic E-state index is -0.167. The molecule has 2 unspecified atom stereocenters. The van der Waals surface area contributed by atoms with Crippen LogP contribution in [-0.2, 0) is 4.79 Å². The molecule has 1 N–H and O–H groups in total. The molecule has 2 aliphatic rings. The van der Waals surface area contributed by atoms with Crippen molar-refractivity contribution in [1.82, 2.24) is 10.2 Å². The Kier molecular flexibility index (Phi) is 7.70. The molecule has 1 heterocycles. The van der Waals surface area contributed by atoms with Gasteiger partial charge < -0.3 is 10.2 Å². The molecule has 1 saturated carbocycles. The molecule has 1 aromatic carbocycles. The normalized spacial score (nSPS) is 23.9. The van der Waals surface area contributed by atoms with Crippen LogP contribution in [0.3, 0.4) is 0 Å². The molecule has 2 fully saturated rings. The van der Waals surface area contributed by atoms with Crippen LogP contribution in [0.15, 0.2) is 35.9 Å². The van der Waals surface area contributed by atoms with Gasteiger partial charge in [-0.05, 0) is 76.2 Å². The molecule has 3 rings (SSSR count). The van der Waals surface area contributed by atoms with E-state index < -0.39 is 0 Å². The molecular formula is C26H40N2O. The van der Waals surface area contributed by atoms with Gasteiger partial charge in [-0.2, -0.15) is 0 Å². The van der Waals surface area contributed by atoms with Gasteiger partial charge in [-0.15, -0.1) is 0 Å². The summed E-state index contributed by atoms with van der Waals surface area (Å²) in [6.45, 7) is 13.1. The number of hydrogen-bond donors (Lipinski definition) is 1. The molecule has 0 aromatic heterocycles. The Morgan fingerprint density at radius 1 is 1.21 bits per heavy atom. The molecule has 0 radical (unpaired) electrons. The van der Waals surface area contributed by atoms with Crippen molar-refractivity contribution in [1.29, 1.82) is 0 Å². The fourth-order valence-corrected chi connectivity index (χ4v) is 4.63. The first-order chi connectivity index (χ1) is 13.9. The summed E-state index contributed by atoms with van der Waals surface area (Å²) in [5.41, 5.74) is 2.65. The number of benzene rings is 1. The van der Waals surface area contributed by atoms with Crippen LogP contribution in [0.1, 0.15) is 65.4 Å². The predicted molar refractivity (Wildman–Crippen MR) is 123 cm³/mol. The summed E-state index contributed by atoms with van der Waals surface area (Å²) in [7, 11) is 0. The first kappa shape index (κ1) is 22.2. The van der Waals surface area contributed by atoms with Crippen LogP contribution in [0, 0.1) is 17.3 Å². The van der Waals surface area contributed by atoms with E-state index >= 15 is 0 Å². The molecule has 0 amide bonds. The number of ketones is 1. The first-order valence-corrected chi connectivity index (χ1v) is 11.6. The maximum absolute atomic E-state index is 12.1. The van der Waals surface area contributed by atoms with E-state index in [4.69, 9.17) is 0 Å². The van der Waals surface area contributed by atoms with Crippen LogP contribution >= 0.6 is 0 Å². The highest BCUT2D eigenvalue weighted by atomic mass is 16.1. The number of Topliss-reactive ketones (excluding diaryl/α,β-unsaturated/α-hetero) is 1. The summed E-state index contributed by atoms with van der Waals surface area (Å²) in [4.78, 5) is 14.6. The van der Waals surface area contributed by atoms with Gasteiger partial charge in [-0.1, -0.05) is 62.8 Å². The zero-order valence-electron chi connectivity index (χ0n) is 18.9. The van der Waals surface area contributed by atoms with Crippen molar-refractivity contribution in [2.45, 2.75) is 65.8 Å². The van der Waals surface area contributed by atoms with Gasteiger partial charge in [0.1, 0.15) is 5.78 Å². The largest absolute Gasteiger partial charge is 0.313 e. The van der Waals surface area contributed by atoms with E-state index in [1.807, 2.05) is 6.92 Å². The van der Waals surface area contributed by atoms with Crippen molar-refractivity contribution in [2.24, 2.45) is 17.3 Å². The van der Waals surface area contributed by atoms with Crippen molar-refractivity contribution < 1.29 is 4.79 Å². The van der Waals surface area contributed by atoms with Gasteiger partial charge in [0.2, 0.25) is 0 Å². The summed E-state index contributed by atoms with van der Waals surface area (Å²) in [6.07, 6.45) is 7.84. The van der Waals surface area contributed by atoms with Gasteiger partial charge in [0.15, 0.2) is 0 Å². The van der Waals surface area contributed by atoms with Crippen molar-refractivity contribution in [3.8, 4) is 0 Å². The van der Waals surface area contributed by atoms with Crippen molar-refractivity contribution in [3.63, 3.8) is 0 Å². The van der Waals surface area contributed by atoms with Crippen LogP contribution in [0.5, 0.6) is 0 Å². The second kappa shape index (κ2) is 10.0. The maximum atomic E-state index is 12.1. The molecule has 2 atom stereocenters. The van der Waals surface area contributed by atoms with Crippen LogP contribution < -0.4 is 5.32 Å². The molecule has 0 bridgehead atoms. The number of nitrogens with one attached hydrogen (secondary N) is 1. The number of carbonyl (C=O) groups excluding carboxylic acids is 1. The van der Waals surface area contributed by atoms with Crippen molar-refractivity contribution >= 4 is 11.9 Å². The van der Waals surface area contributed by atoms with Gasteiger partial charge in [0.25, 0.3) is 0 Å². The number of rotatable bonds is 10. The topological polar surface area (TPSA) is 32.3 Å². The second-order valence-corrected chi connectivity index (χ2v) is 9.85. The van der Waals surface area contributed by atoms with Gasteiger partial charge in [-0.3, -0.25) is 4.79 Å². The molecular weight excluding hydrogens is 356 g/mol. The highest BCUT2D eigenvalue weighted by Gasteiger charge is 2.38. The fourth-order valence-electron chi connectivity index (χ4n) is 4.63. The molecule has 1 aromatic rings. The van der Waals surface area contributed by atoms with Crippen LogP contribution in [0.4, 0.5) is 0 Å². The van der Waals surface area contributed by atoms with E-state index in [-0.39, 0.29) is 5.41 Å². The zero-order valence-corrected chi connectivity index (χ0v) is 18.9. The maximum Gasteiger partial charge on any atom is 0.138 e. The van der Waals surface area contributed by atoms with Gasteiger partial charge >= 0.3 is 0 Å². The molecule has 1 aliphatic heterocycles. The number of nitrogens with zero attached hydrogens (tertiary/aromatic N) is 1.